The summed E-state index contributed by atoms with van der Waals surface area (Å²) in [5, 5.41) is 11.0. The molecule has 11 nitrogen and oxygen atoms in total. The van der Waals surface area contributed by atoms with E-state index in [1.54, 1.807) is 24.4 Å². The second kappa shape index (κ2) is 14.6. The highest BCUT2D eigenvalue weighted by molar-refractivity contribution is 6.25. The maximum absolute atomic E-state index is 13.3. The van der Waals surface area contributed by atoms with Gasteiger partial charge in [0.05, 0.1) is 11.1 Å². The van der Waals surface area contributed by atoms with Crippen molar-refractivity contribution in [1.29, 1.82) is 0 Å². The van der Waals surface area contributed by atoms with E-state index >= 15 is 0 Å². The molecule has 0 radical (unpaired) electrons. The molecule has 2 aromatic carbocycles. The van der Waals surface area contributed by atoms with Crippen LogP contribution in [0.3, 0.4) is 0 Å². The van der Waals surface area contributed by atoms with Gasteiger partial charge in [-0.15, -0.1) is 0 Å². The Kier molecular flexibility index (Phi) is 10.2. The largest absolute Gasteiger partial charge is 0.384 e. The molecule has 5 rings (SSSR count). The molecule has 0 fully saturated rings. The molecule has 45 heavy (non-hydrogen) atoms. The Morgan fingerprint density at radius 3 is 2.60 bits per heavy atom. The van der Waals surface area contributed by atoms with Gasteiger partial charge in [0.15, 0.2) is 0 Å². The lowest BCUT2D eigenvalue weighted by atomic mass is 10.1. The first kappa shape index (κ1) is 31.4. The van der Waals surface area contributed by atoms with Crippen LogP contribution in [-0.4, -0.2) is 71.0 Å². The van der Waals surface area contributed by atoms with Crippen molar-refractivity contribution in [2.75, 3.05) is 25.5 Å². The molecule has 0 bridgehead atoms. The van der Waals surface area contributed by atoms with E-state index in [1.165, 1.54) is 7.05 Å². The summed E-state index contributed by atoms with van der Waals surface area (Å²) in [6, 6.07) is 12.2. The predicted octanol–water partition coefficient (Wildman–Crippen LogP) is 4.13. The number of anilines is 1. The van der Waals surface area contributed by atoms with Crippen LogP contribution in [0.5, 0.6) is 0 Å². The fraction of sp³-hybridized carbons (Fsp3) is 0.353. The first-order chi connectivity index (χ1) is 21.9. The number of nitrogens with one attached hydrogen (secondary N) is 4. The number of hydrogen-bond donors (Lipinski definition) is 4. The number of rotatable bonds is 16. The van der Waals surface area contributed by atoms with Gasteiger partial charge < -0.3 is 25.7 Å². The minimum atomic E-state index is -1.05. The van der Waals surface area contributed by atoms with E-state index in [1.807, 2.05) is 12.3 Å². The normalized spacial score (nSPS) is 13.2. The van der Waals surface area contributed by atoms with Gasteiger partial charge in [0.25, 0.3) is 11.8 Å². The number of H-pyrrole nitrogens is 1. The smallest absolute Gasteiger partial charge is 0.264 e. The summed E-state index contributed by atoms with van der Waals surface area (Å²) in [5.41, 5.74) is 4.25. The van der Waals surface area contributed by atoms with Gasteiger partial charge in [-0.1, -0.05) is 31.0 Å². The zero-order valence-electron chi connectivity index (χ0n) is 25.4. The van der Waals surface area contributed by atoms with Gasteiger partial charge in [0.1, 0.15) is 12.3 Å². The average Bonchev–Trinajstić information content (AvgIpc) is 3.55. The lowest BCUT2D eigenvalue weighted by Crippen LogP contribution is -2.48. The molecule has 4 aromatic rings. The second-order valence-electron chi connectivity index (χ2n) is 11.2. The number of amides is 4. The molecule has 0 aliphatic carbocycles. The SMILES string of the molecule is CNC(=O)C(CCC=O)N1C(=O)c2cccc(NCCCCCCNC(=O)CCc3ccc4c(c3)[nH]c3ccncc34)c2C1=O. The molecule has 1 atom stereocenters. The minimum Gasteiger partial charge on any atom is -0.384 e. The summed E-state index contributed by atoms with van der Waals surface area (Å²) in [6.45, 7) is 1.22. The number of pyridine rings is 1. The van der Waals surface area contributed by atoms with E-state index in [2.05, 4.69) is 44.1 Å². The number of unbranched alkanes of at least 4 members (excludes halogenated alkanes) is 3. The van der Waals surface area contributed by atoms with Crippen molar-refractivity contribution in [2.24, 2.45) is 0 Å². The number of likely N-dealkylation sites (N-methyl/N-ethyl adjacent to an activating group) is 1. The van der Waals surface area contributed by atoms with Crippen LogP contribution >= 0.6 is 0 Å². The van der Waals surface area contributed by atoms with Gasteiger partial charge in [-0.05, 0) is 55.5 Å². The van der Waals surface area contributed by atoms with Crippen molar-refractivity contribution in [3.05, 3.63) is 71.5 Å². The minimum absolute atomic E-state index is 0.0358. The third-order valence-electron chi connectivity index (χ3n) is 8.21. The fourth-order valence-corrected chi connectivity index (χ4v) is 5.85. The summed E-state index contributed by atoms with van der Waals surface area (Å²) in [6.07, 6.45) is 9.10. The number of nitrogens with zero attached hydrogens (tertiary/aromatic N) is 2. The van der Waals surface area contributed by atoms with E-state index in [0.29, 0.717) is 37.9 Å². The molecule has 4 N–H and O–H groups in total. The lowest BCUT2D eigenvalue weighted by Gasteiger charge is -2.24. The molecule has 234 valence electrons. The third-order valence-corrected chi connectivity index (χ3v) is 8.21. The molecule has 0 saturated carbocycles. The van der Waals surface area contributed by atoms with E-state index in [9.17, 15) is 24.0 Å². The van der Waals surface area contributed by atoms with Crippen LogP contribution in [0, 0.1) is 0 Å². The average molecular weight is 611 g/mol. The van der Waals surface area contributed by atoms with Crippen molar-refractivity contribution in [3.63, 3.8) is 0 Å². The summed E-state index contributed by atoms with van der Waals surface area (Å²) in [4.78, 5) is 70.7. The Morgan fingerprint density at radius 2 is 1.80 bits per heavy atom. The monoisotopic (exact) mass is 610 g/mol. The number of aromatic nitrogens is 2. The van der Waals surface area contributed by atoms with E-state index in [4.69, 9.17) is 0 Å². The Hall–Kier alpha value is -5.06. The molecule has 2 aromatic heterocycles. The topological polar surface area (TPSA) is 153 Å². The number of fused-ring (bicyclic) bond motifs is 4. The Balaban J connectivity index is 1.01. The second-order valence-corrected chi connectivity index (χ2v) is 11.2. The molecule has 4 amide bonds. The summed E-state index contributed by atoms with van der Waals surface area (Å²) in [7, 11) is 1.43. The van der Waals surface area contributed by atoms with Crippen LogP contribution in [0.4, 0.5) is 5.69 Å². The predicted molar refractivity (Wildman–Crippen MR) is 172 cm³/mol. The Labute approximate surface area is 261 Å². The lowest BCUT2D eigenvalue weighted by molar-refractivity contribution is -0.125. The van der Waals surface area contributed by atoms with Gasteiger partial charge in [-0.2, -0.15) is 0 Å². The number of aldehydes is 1. The van der Waals surface area contributed by atoms with Gasteiger partial charge in [0.2, 0.25) is 11.8 Å². The van der Waals surface area contributed by atoms with Crippen molar-refractivity contribution < 1.29 is 24.0 Å². The first-order valence-electron chi connectivity index (χ1n) is 15.4. The van der Waals surface area contributed by atoms with Crippen LogP contribution < -0.4 is 16.0 Å². The van der Waals surface area contributed by atoms with Gasteiger partial charge in [-0.3, -0.25) is 29.1 Å². The highest BCUT2D eigenvalue weighted by Crippen LogP contribution is 2.32. The first-order valence-corrected chi connectivity index (χ1v) is 15.4. The molecular weight excluding hydrogens is 572 g/mol. The number of aromatic amines is 1. The van der Waals surface area contributed by atoms with Crippen LogP contribution in [0.15, 0.2) is 54.9 Å². The zero-order chi connectivity index (χ0) is 31.8. The highest BCUT2D eigenvalue weighted by Gasteiger charge is 2.43. The molecule has 1 unspecified atom stereocenters. The molecule has 1 aliphatic rings. The van der Waals surface area contributed by atoms with Crippen molar-refractivity contribution >= 4 is 57.4 Å². The van der Waals surface area contributed by atoms with Crippen molar-refractivity contribution in [3.8, 4) is 0 Å². The number of imide groups is 1. The van der Waals surface area contributed by atoms with Crippen LogP contribution in [0.1, 0.15) is 71.2 Å². The van der Waals surface area contributed by atoms with E-state index < -0.39 is 23.8 Å². The maximum atomic E-state index is 13.3. The van der Waals surface area contributed by atoms with Crippen LogP contribution in [-0.2, 0) is 20.8 Å². The van der Waals surface area contributed by atoms with Gasteiger partial charge >= 0.3 is 0 Å². The molecule has 0 spiro atoms. The van der Waals surface area contributed by atoms with Crippen LogP contribution in [0.25, 0.3) is 21.8 Å². The van der Waals surface area contributed by atoms with Gasteiger partial charge in [0, 0.05) is 72.9 Å². The highest BCUT2D eigenvalue weighted by atomic mass is 16.2. The van der Waals surface area contributed by atoms with Crippen molar-refractivity contribution in [2.45, 2.75) is 57.4 Å². The summed E-state index contributed by atoms with van der Waals surface area (Å²) < 4.78 is 0. The number of carbonyl (C=O) groups is 5. The summed E-state index contributed by atoms with van der Waals surface area (Å²) in [5.74, 6) is -1.52. The third kappa shape index (κ3) is 7.03. The van der Waals surface area contributed by atoms with Crippen LogP contribution in [0.2, 0.25) is 0 Å². The zero-order valence-corrected chi connectivity index (χ0v) is 25.4. The van der Waals surface area contributed by atoms with Crippen molar-refractivity contribution in [1.82, 2.24) is 25.5 Å². The number of carbonyl (C=O) groups excluding carboxylic acids is 5. The summed E-state index contributed by atoms with van der Waals surface area (Å²) >= 11 is 0. The molecule has 11 heteroatoms. The number of aryl methyl sites for hydroxylation is 1. The molecule has 3 heterocycles. The molecule has 0 saturated heterocycles. The quantitative estimate of drug-likeness (QED) is 0.0845. The Bertz CT molecular complexity index is 1730. The number of hydrogen-bond acceptors (Lipinski definition) is 7. The maximum Gasteiger partial charge on any atom is 0.264 e. The van der Waals surface area contributed by atoms with E-state index in [-0.39, 0.29) is 29.9 Å². The molecular formula is C34H38N6O5. The fourth-order valence-electron chi connectivity index (χ4n) is 5.85. The Morgan fingerprint density at radius 1 is 0.978 bits per heavy atom. The number of benzene rings is 2. The standard InChI is InChI=1S/C34H38N6O5/c1-35-32(43)29(10-7-19-41)40-33(44)24-8-6-9-27(31(24)34(40)45)37-16-4-2-3-5-17-38-30(42)14-12-22-11-13-23-25-21-36-18-15-26(25)39-28(23)20-22/h6,8-9,11,13,15,18-21,29,37,39H,2-5,7,10,12,14,16-17H2,1H3,(H,35,43)(H,38,42). The van der Waals surface area contributed by atoms with Gasteiger partial charge in [-0.25, -0.2) is 0 Å². The molecule has 1 aliphatic heterocycles. The van der Waals surface area contributed by atoms with E-state index in [0.717, 1.165) is 58.0 Å².